The van der Waals surface area contributed by atoms with Gasteiger partial charge in [0, 0.05) is 22.3 Å². The van der Waals surface area contributed by atoms with Crippen molar-refractivity contribution >= 4 is 35.5 Å². The molecule has 6 nitrogen and oxygen atoms in total. The summed E-state index contributed by atoms with van der Waals surface area (Å²) >= 11 is 3.26. The van der Waals surface area contributed by atoms with Crippen molar-refractivity contribution in [2.24, 2.45) is 0 Å². The molecule has 2 heterocycles. The molecule has 0 saturated carbocycles. The Balaban J connectivity index is 0.000000184. The van der Waals surface area contributed by atoms with Crippen LogP contribution in [0.2, 0.25) is 0 Å². The van der Waals surface area contributed by atoms with Gasteiger partial charge in [-0.3, -0.25) is 20.2 Å². The number of carboxylic acids is 2. The van der Waals surface area contributed by atoms with Crippen molar-refractivity contribution in [3.05, 3.63) is 0 Å². The van der Waals surface area contributed by atoms with Crippen LogP contribution in [0, 0.1) is 0 Å². The SMILES string of the molecule is CC1(C)SCN[C@@H]1C(=O)O.O=C(O)[C@@H]1CSCN1. The molecule has 18 heavy (non-hydrogen) atoms. The molecule has 104 valence electrons. The molecule has 0 bridgehead atoms. The van der Waals surface area contributed by atoms with E-state index in [0.717, 1.165) is 11.8 Å². The summed E-state index contributed by atoms with van der Waals surface area (Å²) in [6, 6.07) is -0.697. The number of nitrogens with one attached hydrogen (secondary N) is 2. The van der Waals surface area contributed by atoms with E-state index in [0.29, 0.717) is 5.75 Å². The van der Waals surface area contributed by atoms with E-state index in [2.05, 4.69) is 10.6 Å². The van der Waals surface area contributed by atoms with Gasteiger partial charge in [0.25, 0.3) is 0 Å². The van der Waals surface area contributed by atoms with Gasteiger partial charge in [-0.1, -0.05) is 0 Å². The summed E-state index contributed by atoms with van der Waals surface area (Å²) in [4.78, 5) is 20.7. The first kappa shape index (κ1) is 15.6. The quantitative estimate of drug-likeness (QED) is 0.575. The lowest BCUT2D eigenvalue weighted by Crippen LogP contribution is -2.43. The Kier molecular flexibility index (Phi) is 5.77. The van der Waals surface area contributed by atoms with Crippen LogP contribution in [0.15, 0.2) is 0 Å². The fraction of sp³-hybridized carbons (Fsp3) is 0.800. The van der Waals surface area contributed by atoms with Gasteiger partial charge >= 0.3 is 11.9 Å². The van der Waals surface area contributed by atoms with E-state index in [1.165, 1.54) is 0 Å². The number of thioether (sulfide) groups is 2. The number of carboxylic acid groups (broad SMARTS) is 2. The van der Waals surface area contributed by atoms with Crippen LogP contribution in [0.1, 0.15) is 13.8 Å². The van der Waals surface area contributed by atoms with E-state index in [4.69, 9.17) is 10.2 Å². The van der Waals surface area contributed by atoms with Crippen LogP contribution < -0.4 is 10.6 Å². The third kappa shape index (κ3) is 4.34. The first-order chi connectivity index (χ1) is 8.34. The molecule has 2 fully saturated rings. The number of rotatable bonds is 2. The van der Waals surface area contributed by atoms with Gasteiger partial charge in [0.2, 0.25) is 0 Å². The number of hydrogen-bond donors (Lipinski definition) is 4. The maximum absolute atomic E-state index is 10.5. The van der Waals surface area contributed by atoms with Gasteiger partial charge < -0.3 is 10.2 Å². The molecule has 2 rings (SSSR count). The number of carbonyl (C=O) groups is 2. The molecule has 0 amide bonds. The molecule has 0 spiro atoms. The molecule has 0 aromatic heterocycles. The lowest BCUT2D eigenvalue weighted by atomic mass is 10.0. The normalized spacial score (nSPS) is 29.4. The molecular weight excluding hydrogens is 276 g/mol. The van der Waals surface area contributed by atoms with Crippen molar-refractivity contribution in [1.29, 1.82) is 0 Å². The summed E-state index contributed by atoms with van der Waals surface area (Å²) < 4.78 is -0.161. The lowest BCUT2D eigenvalue weighted by molar-refractivity contribution is -0.140. The zero-order valence-corrected chi connectivity index (χ0v) is 11.9. The summed E-state index contributed by atoms with van der Waals surface area (Å²) in [5.74, 6) is 0.723. The average Bonchev–Trinajstić information content (AvgIpc) is 2.86. The molecule has 0 aromatic carbocycles. The van der Waals surface area contributed by atoms with E-state index >= 15 is 0 Å². The zero-order valence-electron chi connectivity index (χ0n) is 10.3. The van der Waals surface area contributed by atoms with Crippen LogP contribution in [0.5, 0.6) is 0 Å². The zero-order chi connectivity index (χ0) is 13.8. The predicted molar refractivity (Wildman–Crippen MR) is 73.0 cm³/mol. The van der Waals surface area contributed by atoms with Crippen molar-refractivity contribution < 1.29 is 19.8 Å². The van der Waals surface area contributed by atoms with Crippen LogP contribution in [-0.2, 0) is 9.59 Å². The summed E-state index contributed by atoms with van der Waals surface area (Å²) in [7, 11) is 0. The Hall–Kier alpha value is -0.440. The Morgan fingerprint density at radius 3 is 2.06 bits per heavy atom. The standard InChI is InChI=1S/C6H11NO2S.C4H7NO2S/c1-6(2)4(5(8)9)7-3-10-6;6-4(7)3-1-8-2-5-3/h4,7H,3H2,1-2H3,(H,8,9);3,5H,1-2H2,(H,6,7)/t4-;3-/m10/s1. The highest BCUT2D eigenvalue weighted by molar-refractivity contribution is 8.00. The molecule has 0 aliphatic carbocycles. The predicted octanol–water partition coefficient (Wildman–Crippen LogP) is 0.246. The van der Waals surface area contributed by atoms with Crippen molar-refractivity contribution in [3.8, 4) is 0 Å². The molecule has 2 saturated heterocycles. The van der Waals surface area contributed by atoms with Crippen molar-refractivity contribution in [2.45, 2.75) is 30.7 Å². The minimum absolute atomic E-state index is 0.161. The van der Waals surface area contributed by atoms with E-state index in [-0.39, 0.29) is 10.8 Å². The molecule has 0 unspecified atom stereocenters. The first-order valence-corrected chi connectivity index (χ1v) is 7.62. The largest absolute Gasteiger partial charge is 0.480 e. The van der Waals surface area contributed by atoms with Crippen LogP contribution in [0.25, 0.3) is 0 Å². The van der Waals surface area contributed by atoms with Gasteiger partial charge in [-0.05, 0) is 13.8 Å². The number of aliphatic carboxylic acids is 2. The van der Waals surface area contributed by atoms with Gasteiger partial charge in [-0.15, -0.1) is 23.5 Å². The molecule has 4 N–H and O–H groups in total. The second kappa shape index (κ2) is 6.65. The van der Waals surface area contributed by atoms with E-state index in [9.17, 15) is 9.59 Å². The molecular formula is C10H18N2O4S2. The van der Waals surface area contributed by atoms with Gasteiger partial charge in [-0.2, -0.15) is 0 Å². The summed E-state index contributed by atoms with van der Waals surface area (Å²) in [5.41, 5.74) is 0. The molecule has 2 aliphatic rings. The van der Waals surface area contributed by atoms with Crippen molar-refractivity contribution in [3.63, 3.8) is 0 Å². The summed E-state index contributed by atoms with van der Waals surface area (Å²) in [6.45, 7) is 3.88. The fourth-order valence-corrected chi connectivity index (χ4v) is 3.48. The van der Waals surface area contributed by atoms with E-state index < -0.39 is 18.0 Å². The highest BCUT2D eigenvalue weighted by atomic mass is 32.2. The Morgan fingerprint density at radius 1 is 1.17 bits per heavy atom. The Bertz CT molecular complexity index is 319. The smallest absolute Gasteiger partial charge is 0.322 e. The fourth-order valence-electron chi connectivity index (χ4n) is 1.58. The molecule has 2 aliphatic heterocycles. The third-order valence-corrected chi connectivity index (χ3v) is 4.92. The minimum atomic E-state index is -0.755. The third-order valence-electron chi connectivity index (χ3n) is 2.69. The van der Waals surface area contributed by atoms with Gasteiger partial charge in [-0.25, -0.2) is 0 Å². The lowest BCUT2D eigenvalue weighted by Gasteiger charge is -2.20. The molecule has 8 heteroatoms. The first-order valence-electron chi connectivity index (χ1n) is 5.48. The van der Waals surface area contributed by atoms with Crippen molar-refractivity contribution in [2.75, 3.05) is 17.5 Å². The van der Waals surface area contributed by atoms with E-state index in [1.807, 2.05) is 13.8 Å². The number of hydrogen-bond acceptors (Lipinski definition) is 6. The molecule has 2 atom stereocenters. The average molecular weight is 294 g/mol. The van der Waals surface area contributed by atoms with Crippen LogP contribution in [0.4, 0.5) is 0 Å². The molecule has 0 aromatic rings. The van der Waals surface area contributed by atoms with Gasteiger partial charge in [0.1, 0.15) is 12.1 Å². The Labute approximate surface area is 114 Å². The highest BCUT2D eigenvalue weighted by Crippen LogP contribution is 2.32. The van der Waals surface area contributed by atoms with E-state index in [1.54, 1.807) is 23.5 Å². The van der Waals surface area contributed by atoms with Gasteiger partial charge in [0.05, 0.1) is 0 Å². The monoisotopic (exact) mass is 294 g/mol. The molecule has 0 radical (unpaired) electrons. The van der Waals surface area contributed by atoms with Crippen LogP contribution in [0.3, 0.4) is 0 Å². The van der Waals surface area contributed by atoms with Crippen LogP contribution >= 0.6 is 23.5 Å². The maximum atomic E-state index is 10.5. The minimum Gasteiger partial charge on any atom is -0.480 e. The van der Waals surface area contributed by atoms with Crippen molar-refractivity contribution in [1.82, 2.24) is 10.6 Å². The maximum Gasteiger partial charge on any atom is 0.322 e. The Morgan fingerprint density at radius 2 is 1.83 bits per heavy atom. The topological polar surface area (TPSA) is 98.7 Å². The summed E-state index contributed by atoms with van der Waals surface area (Å²) in [5, 5.41) is 22.7. The summed E-state index contributed by atoms with van der Waals surface area (Å²) in [6.07, 6.45) is 0. The highest BCUT2D eigenvalue weighted by Gasteiger charge is 2.39. The van der Waals surface area contributed by atoms with Gasteiger partial charge in [0.15, 0.2) is 0 Å². The second-order valence-corrected chi connectivity index (χ2v) is 7.14. The van der Waals surface area contributed by atoms with Crippen LogP contribution in [-0.4, -0.2) is 56.5 Å². The second-order valence-electron chi connectivity index (χ2n) is 4.48.